The minimum Gasteiger partial charge on any atom is -0.475 e. The first-order valence-corrected chi connectivity index (χ1v) is 10.0. The van der Waals surface area contributed by atoms with E-state index in [1.165, 1.54) is 12.1 Å². The van der Waals surface area contributed by atoms with Crippen LogP contribution in [-0.2, 0) is 17.7 Å². The molecular formula is C22H28FN5O2. The summed E-state index contributed by atoms with van der Waals surface area (Å²) >= 11 is 0. The Morgan fingerprint density at radius 2 is 2.10 bits per heavy atom. The number of halogens is 1. The summed E-state index contributed by atoms with van der Waals surface area (Å²) in [5.41, 5.74) is 2.94. The van der Waals surface area contributed by atoms with Gasteiger partial charge in [0.1, 0.15) is 12.4 Å². The molecule has 3 aromatic rings. The number of ether oxygens (including phenoxy) is 2. The Hall–Kier alpha value is -3.13. The number of aromatic nitrogens is 2. The molecule has 0 aliphatic carbocycles. The van der Waals surface area contributed by atoms with E-state index in [2.05, 4.69) is 25.6 Å². The molecule has 2 aromatic heterocycles. The Kier molecular flexibility index (Phi) is 8.02. The number of H-pyrrole nitrogens is 1. The fourth-order valence-corrected chi connectivity index (χ4v) is 3.01. The Bertz CT molecular complexity index is 956. The molecule has 0 amide bonds. The summed E-state index contributed by atoms with van der Waals surface area (Å²) in [5.74, 6) is 1.08. The van der Waals surface area contributed by atoms with Crippen LogP contribution in [0.25, 0.3) is 10.9 Å². The molecule has 8 heteroatoms. The third-order valence-corrected chi connectivity index (χ3v) is 4.52. The van der Waals surface area contributed by atoms with Crippen molar-refractivity contribution < 1.29 is 13.9 Å². The molecule has 0 atom stereocenters. The van der Waals surface area contributed by atoms with Gasteiger partial charge in [0.15, 0.2) is 5.96 Å². The number of hydrogen-bond acceptors (Lipinski definition) is 4. The summed E-state index contributed by atoms with van der Waals surface area (Å²) < 4.78 is 23.8. The van der Waals surface area contributed by atoms with Crippen LogP contribution in [0.2, 0.25) is 0 Å². The molecule has 0 radical (unpaired) electrons. The maximum absolute atomic E-state index is 13.3. The van der Waals surface area contributed by atoms with E-state index in [9.17, 15) is 4.39 Å². The van der Waals surface area contributed by atoms with E-state index < -0.39 is 0 Å². The van der Waals surface area contributed by atoms with Crippen molar-refractivity contribution in [3.63, 3.8) is 0 Å². The average molecular weight is 413 g/mol. The van der Waals surface area contributed by atoms with Gasteiger partial charge in [-0.05, 0) is 42.7 Å². The molecule has 160 valence electrons. The highest BCUT2D eigenvalue weighted by molar-refractivity contribution is 5.83. The van der Waals surface area contributed by atoms with Crippen molar-refractivity contribution in [3.8, 4) is 5.88 Å². The Morgan fingerprint density at radius 1 is 1.20 bits per heavy atom. The lowest BCUT2D eigenvalue weighted by atomic mass is 10.1. The number of nitrogens with zero attached hydrogens (tertiary/aromatic N) is 2. The third kappa shape index (κ3) is 6.18. The Labute approximate surface area is 175 Å². The number of aliphatic imine (C=N–C) groups is 1. The molecular weight excluding hydrogens is 385 g/mol. The maximum Gasteiger partial charge on any atom is 0.213 e. The van der Waals surface area contributed by atoms with Crippen molar-refractivity contribution in [3.05, 3.63) is 59.7 Å². The molecule has 0 bridgehead atoms. The zero-order valence-corrected chi connectivity index (χ0v) is 17.4. The van der Waals surface area contributed by atoms with Crippen molar-refractivity contribution in [1.29, 1.82) is 0 Å². The summed E-state index contributed by atoms with van der Waals surface area (Å²) in [7, 11) is 1.63. The van der Waals surface area contributed by atoms with Crippen LogP contribution in [0.15, 0.2) is 47.7 Å². The van der Waals surface area contributed by atoms with Crippen molar-refractivity contribution >= 4 is 16.9 Å². The number of hydrogen-bond donors (Lipinski definition) is 3. The number of rotatable bonds is 10. The second kappa shape index (κ2) is 11.2. The number of fused-ring (bicyclic) bond motifs is 1. The van der Waals surface area contributed by atoms with Gasteiger partial charge < -0.3 is 25.1 Å². The van der Waals surface area contributed by atoms with Crippen LogP contribution in [0.1, 0.15) is 18.1 Å². The lowest BCUT2D eigenvalue weighted by Gasteiger charge is -2.11. The first-order valence-electron chi connectivity index (χ1n) is 10.0. The van der Waals surface area contributed by atoms with Gasteiger partial charge in [0, 0.05) is 49.6 Å². The molecule has 30 heavy (non-hydrogen) atoms. The van der Waals surface area contributed by atoms with Crippen LogP contribution in [0, 0.1) is 5.82 Å². The molecule has 0 unspecified atom stereocenters. The van der Waals surface area contributed by atoms with Crippen LogP contribution >= 0.6 is 0 Å². The zero-order valence-electron chi connectivity index (χ0n) is 17.4. The summed E-state index contributed by atoms with van der Waals surface area (Å²) in [4.78, 5) is 12.0. The van der Waals surface area contributed by atoms with E-state index >= 15 is 0 Å². The quantitative estimate of drug-likeness (QED) is 0.270. The third-order valence-electron chi connectivity index (χ3n) is 4.52. The molecule has 0 fully saturated rings. The van der Waals surface area contributed by atoms with Gasteiger partial charge in [-0.1, -0.05) is 6.07 Å². The Morgan fingerprint density at radius 3 is 2.87 bits per heavy atom. The van der Waals surface area contributed by atoms with Crippen LogP contribution < -0.4 is 15.4 Å². The van der Waals surface area contributed by atoms with Crippen molar-refractivity contribution in [2.24, 2.45) is 4.99 Å². The van der Waals surface area contributed by atoms with E-state index in [0.29, 0.717) is 32.2 Å². The van der Waals surface area contributed by atoms with Crippen LogP contribution in [0.4, 0.5) is 4.39 Å². The zero-order chi connectivity index (χ0) is 21.2. The fraction of sp³-hybridized carbons (Fsp3) is 0.364. The van der Waals surface area contributed by atoms with Crippen molar-refractivity contribution in [1.82, 2.24) is 20.6 Å². The predicted molar refractivity (Wildman–Crippen MR) is 116 cm³/mol. The predicted octanol–water partition coefficient (Wildman–Crippen LogP) is 3.03. The second-order valence-electron chi connectivity index (χ2n) is 6.72. The molecule has 3 N–H and O–H groups in total. The molecule has 0 aliphatic heterocycles. The van der Waals surface area contributed by atoms with Crippen molar-refractivity contribution in [2.45, 2.75) is 19.9 Å². The normalized spacial score (nSPS) is 11.6. The summed E-state index contributed by atoms with van der Waals surface area (Å²) in [6, 6.07) is 8.60. The highest BCUT2D eigenvalue weighted by Gasteiger charge is 2.05. The molecule has 7 nitrogen and oxygen atoms in total. The first kappa shape index (κ1) is 21.6. The monoisotopic (exact) mass is 413 g/mol. The SMILES string of the molecule is CCNC(=NCc1ccc(OCCOC)nc1)NCCc1c[nH]c2cc(F)ccc12. The van der Waals surface area contributed by atoms with Crippen molar-refractivity contribution in [2.75, 3.05) is 33.4 Å². The number of guanidine groups is 1. The number of aromatic amines is 1. The van der Waals surface area contributed by atoms with Gasteiger partial charge in [0.25, 0.3) is 0 Å². The standard InChI is InChI=1S/C22H28FN5O2/c1-3-24-22(28-14-16-4-7-21(27-13-16)30-11-10-29-2)25-9-8-17-15-26-20-12-18(23)5-6-19(17)20/h4-7,12-13,15,26H,3,8-11,14H2,1-2H3,(H2,24,25,28). The molecule has 0 aliphatic rings. The molecule has 0 saturated heterocycles. The number of nitrogens with one attached hydrogen (secondary N) is 3. The lowest BCUT2D eigenvalue weighted by Crippen LogP contribution is -2.38. The molecule has 1 aromatic carbocycles. The highest BCUT2D eigenvalue weighted by atomic mass is 19.1. The Balaban J connectivity index is 1.52. The molecule has 3 rings (SSSR count). The molecule has 0 saturated carbocycles. The van der Waals surface area contributed by atoms with Gasteiger partial charge in [-0.3, -0.25) is 0 Å². The maximum atomic E-state index is 13.3. The topological polar surface area (TPSA) is 83.6 Å². The van der Waals surface area contributed by atoms with E-state index in [1.807, 2.05) is 31.3 Å². The van der Waals surface area contributed by atoms with Crippen LogP contribution in [0.3, 0.4) is 0 Å². The summed E-state index contributed by atoms with van der Waals surface area (Å²) in [6.45, 7) is 5.01. The number of methoxy groups -OCH3 is 1. The minimum absolute atomic E-state index is 0.236. The molecule has 2 heterocycles. The summed E-state index contributed by atoms with van der Waals surface area (Å²) in [5, 5.41) is 7.63. The fourth-order valence-electron chi connectivity index (χ4n) is 3.01. The van der Waals surface area contributed by atoms with Gasteiger partial charge in [-0.25, -0.2) is 14.4 Å². The average Bonchev–Trinajstić information content (AvgIpc) is 3.15. The minimum atomic E-state index is -0.236. The van der Waals surface area contributed by atoms with E-state index in [1.54, 1.807) is 13.3 Å². The van der Waals surface area contributed by atoms with E-state index in [-0.39, 0.29) is 5.82 Å². The highest BCUT2D eigenvalue weighted by Crippen LogP contribution is 2.19. The second-order valence-corrected chi connectivity index (χ2v) is 6.72. The van der Waals surface area contributed by atoms with Gasteiger partial charge in [0.05, 0.1) is 13.2 Å². The van der Waals surface area contributed by atoms with Gasteiger partial charge >= 0.3 is 0 Å². The largest absolute Gasteiger partial charge is 0.475 e. The number of benzene rings is 1. The van der Waals surface area contributed by atoms with E-state index in [0.717, 1.165) is 41.0 Å². The van der Waals surface area contributed by atoms with Crippen LogP contribution in [-0.4, -0.2) is 49.3 Å². The van der Waals surface area contributed by atoms with Gasteiger partial charge in [0.2, 0.25) is 5.88 Å². The smallest absolute Gasteiger partial charge is 0.213 e. The van der Waals surface area contributed by atoms with Crippen LogP contribution in [0.5, 0.6) is 5.88 Å². The first-order chi connectivity index (χ1) is 14.7. The molecule has 0 spiro atoms. The summed E-state index contributed by atoms with van der Waals surface area (Å²) in [6.07, 6.45) is 4.49. The number of pyridine rings is 1. The van der Waals surface area contributed by atoms with E-state index in [4.69, 9.17) is 9.47 Å². The lowest BCUT2D eigenvalue weighted by molar-refractivity contribution is 0.143. The van der Waals surface area contributed by atoms with Gasteiger partial charge in [-0.2, -0.15) is 0 Å². The van der Waals surface area contributed by atoms with Gasteiger partial charge in [-0.15, -0.1) is 0 Å².